The average Bonchev–Trinajstić information content (AvgIpc) is 3.42. The average molecular weight is 475 g/mol. The minimum absolute atomic E-state index is 0.00930. The second kappa shape index (κ2) is 8.06. The van der Waals surface area contributed by atoms with Crippen LogP contribution in [0.4, 0.5) is 5.13 Å². The summed E-state index contributed by atoms with van der Waals surface area (Å²) in [5, 5.41) is 0.516. The highest BCUT2D eigenvalue weighted by Gasteiger charge is 2.53. The molecule has 0 spiro atoms. The zero-order chi connectivity index (χ0) is 23.4. The van der Waals surface area contributed by atoms with Crippen molar-refractivity contribution in [2.24, 2.45) is 5.92 Å². The number of para-hydroxylation sites is 1. The fourth-order valence-electron chi connectivity index (χ4n) is 5.24. The molecular weight excluding hydrogens is 452 g/mol. The number of hydrogen-bond donors (Lipinski definition) is 0. The predicted molar refractivity (Wildman–Crippen MR) is 126 cm³/mol. The first-order valence-corrected chi connectivity index (χ1v) is 12.2. The number of Topliss-reactive ketones (excluding diaryl/α,β-unsaturated/α-hetero) is 1. The second-order valence-corrected chi connectivity index (χ2v) is 9.82. The number of ketones is 1. The van der Waals surface area contributed by atoms with Crippen molar-refractivity contribution < 1.29 is 23.9 Å². The number of methoxy groups -OCH3 is 1. The van der Waals surface area contributed by atoms with E-state index >= 15 is 0 Å². The first kappa shape index (κ1) is 21.0. The van der Waals surface area contributed by atoms with E-state index in [9.17, 15) is 14.4 Å². The topological polar surface area (TPSA) is 85.8 Å². The van der Waals surface area contributed by atoms with Gasteiger partial charge in [0.25, 0.3) is 5.91 Å². The van der Waals surface area contributed by atoms with Crippen LogP contribution < -0.4 is 4.90 Å². The first-order chi connectivity index (χ1) is 16.6. The zero-order valence-corrected chi connectivity index (χ0v) is 19.3. The third-order valence-electron chi connectivity index (χ3n) is 6.90. The molecule has 3 heterocycles. The summed E-state index contributed by atoms with van der Waals surface area (Å²) >= 11 is 1.41. The van der Waals surface area contributed by atoms with Crippen LogP contribution in [-0.4, -0.2) is 35.9 Å². The Labute approximate surface area is 200 Å². The molecule has 3 aliphatic rings. The predicted octanol–water partition coefficient (Wildman–Crippen LogP) is 4.58. The molecule has 34 heavy (non-hydrogen) atoms. The van der Waals surface area contributed by atoms with Crippen molar-refractivity contribution >= 4 is 44.3 Å². The third-order valence-corrected chi connectivity index (χ3v) is 7.94. The number of aromatic nitrogens is 1. The Morgan fingerprint density at radius 2 is 1.85 bits per heavy atom. The molecule has 3 atom stereocenters. The number of thiazole rings is 1. The summed E-state index contributed by atoms with van der Waals surface area (Å²) in [6.45, 7) is 0. The molecule has 6 rings (SSSR count). The lowest BCUT2D eigenvalue weighted by atomic mass is 9.77. The summed E-state index contributed by atoms with van der Waals surface area (Å²) < 4.78 is 12.0. The van der Waals surface area contributed by atoms with Crippen molar-refractivity contribution in [1.82, 2.24) is 4.98 Å². The number of hydrogen-bond acceptors (Lipinski definition) is 7. The number of carbonyl (C=O) groups is 3. The van der Waals surface area contributed by atoms with E-state index < -0.39 is 12.0 Å². The van der Waals surface area contributed by atoms with Gasteiger partial charge in [-0.15, -0.1) is 0 Å². The van der Waals surface area contributed by atoms with Gasteiger partial charge in [0.15, 0.2) is 16.7 Å². The lowest BCUT2D eigenvalue weighted by Gasteiger charge is -2.35. The van der Waals surface area contributed by atoms with Gasteiger partial charge < -0.3 is 9.47 Å². The Kier molecular flexibility index (Phi) is 4.99. The molecule has 2 aliphatic heterocycles. The molecule has 2 aromatic carbocycles. The van der Waals surface area contributed by atoms with Crippen LogP contribution in [0.1, 0.15) is 47.6 Å². The molecule has 0 saturated heterocycles. The Morgan fingerprint density at radius 3 is 2.62 bits per heavy atom. The molecular formula is C26H22N2O5S. The van der Waals surface area contributed by atoms with Gasteiger partial charge in [-0.25, -0.2) is 9.78 Å². The normalized spacial score (nSPS) is 24.1. The Hall–Kier alpha value is -3.52. The molecule has 1 aliphatic carbocycles. The third kappa shape index (κ3) is 3.16. The largest absolute Gasteiger partial charge is 0.483 e. The van der Waals surface area contributed by atoms with Gasteiger partial charge in [0, 0.05) is 0 Å². The molecule has 0 radical (unpaired) electrons. The number of ether oxygens (including phenoxy) is 2. The Bertz CT molecular complexity index is 1330. The van der Waals surface area contributed by atoms with E-state index in [2.05, 4.69) is 0 Å². The molecule has 172 valence electrons. The van der Waals surface area contributed by atoms with Gasteiger partial charge >= 0.3 is 5.97 Å². The summed E-state index contributed by atoms with van der Waals surface area (Å²) in [5.41, 5.74) is 2.31. The van der Waals surface area contributed by atoms with Gasteiger partial charge in [-0.3, -0.25) is 14.5 Å². The van der Waals surface area contributed by atoms with Crippen LogP contribution in [0.5, 0.6) is 0 Å². The maximum atomic E-state index is 13.7. The van der Waals surface area contributed by atoms with Crippen molar-refractivity contribution in [2.75, 3.05) is 12.0 Å². The lowest BCUT2D eigenvalue weighted by molar-refractivity contribution is -0.131. The van der Waals surface area contributed by atoms with Crippen LogP contribution in [0.3, 0.4) is 0 Å². The molecule has 1 fully saturated rings. The maximum Gasteiger partial charge on any atom is 0.337 e. The molecule has 0 N–H and O–H groups in total. The Balaban J connectivity index is 1.49. The highest BCUT2D eigenvalue weighted by atomic mass is 32.1. The van der Waals surface area contributed by atoms with Gasteiger partial charge in [0.1, 0.15) is 6.10 Å². The summed E-state index contributed by atoms with van der Waals surface area (Å²) in [7, 11) is 1.33. The van der Waals surface area contributed by atoms with Crippen LogP contribution >= 0.6 is 11.3 Å². The molecule has 8 heteroatoms. The maximum absolute atomic E-state index is 13.7. The Morgan fingerprint density at radius 1 is 1.09 bits per heavy atom. The highest BCUT2D eigenvalue weighted by Crippen LogP contribution is 2.49. The second-order valence-electron chi connectivity index (χ2n) is 8.81. The monoisotopic (exact) mass is 474 g/mol. The number of esters is 1. The number of nitrogens with zero attached hydrogens (tertiary/aromatic N) is 2. The molecule has 3 aromatic rings. The van der Waals surface area contributed by atoms with Gasteiger partial charge in [0.2, 0.25) is 0 Å². The van der Waals surface area contributed by atoms with Crippen molar-refractivity contribution in [2.45, 2.75) is 37.8 Å². The number of carbonyl (C=O) groups excluding carboxylic acids is 3. The van der Waals surface area contributed by atoms with E-state index in [1.807, 2.05) is 24.3 Å². The van der Waals surface area contributed by atoms with E-state index in [0.717, 1.165) is 41.5 Å². The number of anilines is 1. The van der Waals surface area contributed by atoms with Crippen molar-refractivity contribution in [3.63, 3.8) is 0 Å². The highest BCUT2D eigenvalue weighted by molar-refractivity contribution is 7.22. The van der Waals surface area contributed by atoms with Crippen LogP contribution in [0.15, 0.2) is 59.9 Å². The van der Waals surface area contributed by atoms with Crippen LogP contribution in [0, 0.1) is 5.92 Å². The van der Waals surface area contributed by atoms with Crippen LogP contribution in [0.2, 0.25) is 0 Å². The van der Waals surface area contributed by atoms with E-state index in [0.29, 0.717) is 16.3 Å². The van der Waals surface area contributed by atoms with Crippen molar-refractivity contribution in [3.8, 4) is 0 Å². The molecule has 7 nitrogen and oxygen atoms in total. The van der Waals surface area contributed by atoms with E-state index in [1.165, 1.54) is 18.4 Å². The van der Waals surface area contributed by atoms with E-state index in [1.54, 1.807) is 29.2 Å². The van der Waals surface area contributed by atoms with Gasteiger partial charge in [-0.2, -0.15) is 0 Å². The fourth-order valence-corrected chi connectivity index (χ4v) is 6.23. The zero-order valence-electron chi connectivity index (χ0n) is 18.5. The van der Waals surface area contributed by atoms with Gasteiger partial charge in [-0.1, -0.05) is 42.0 Å². The SMILES string of the molecule is COC(=O)c1ccc(C2C3=C(OC4CCCCC4C3=O)C(=O)N2c2nc3ccccc3s2)cc1. The molecule has 1 aromatic heterocycles. The lowest BCUT2D eigenvalue weighted by Crippen LogP contribution is -2.39. The van der Waals surface area contributed by atoms with Crippen molar-refractivity contribution in [3.05, 3.63) is 71.0 Å². The summed E-state index contributed by atoms with van der Waals surface area (Å²) in [4.78, 5) is 45.7. The van der Waals surface area contributed by atoms with Crippen LogP contribution in [-0.2, 0) is 19.1 Å². The van der Waals surface area contributed by atoms with E-state index in [-0.39, 0.29) is 29.5 Å². The summed E-state index contributed by atoms with van der Waals surface area (Å²) in [6, 6.07) is 13.9. The number of fused-ring (bicyclic) bond motifs is 2. The van der Waals surface area contributed by atoms with Crippen LogP contribution in [0.25, 0.3) is 10.2 Å². The first-order valence-electron chi connectivity index (χ1n) is 11.4. The smallest absolute Gasteiger partial charge is 0.337 e. The van der Waals surface area contributed by atoms with E-state index in [4.69, 9.17) is 14.5 Å². The number of rotatable bonds is 3. The number of amides is 1. The van der Waals surface area contributed by atoms with Crippen molar-refractivity contribution in [1.29, 1.82) is 0 Å². The quantitative estimate of drug-likeness (QED) is 0.517. The van der Waals surface area contributed by atoms with Gasteiger partial charge in [0.05, 0.1) is 40.4 Å². The molecule has 1 saturated carbocycles. The minimum Gasteiger partial charge on any atom is -0.483 e. The number of benzene rings is 2. The van der Waals surface area contributed by atoms with Gasteiger partial charge in [-0.05, 0) is 49.1 Å². The fraction of sp³-hybridized carbons (Fsp3) is 0.308. The molecule has 3 unspecified atom stereocenters. The molecule has 0 bridgehead atoms. The summed E-state index contributed by atoms with van der Waals surface area (Å²) in [5.74, 6) is -0.876. The standard InChI is InChI=1S/C26H22N2O5S/c1-32-25(31)15-12-10-14(11-13-15)21-20-22(29)16-6-2-4-8-18(16)33-23(20)24(30)28(21)26-27-17-7-3-5-9-19(17)34-26/h3,5,7,9-13,16,18,21H,2,4,6,8H2,1H3. The summed E-state index contributed by atoms with van der Waals surface area (Å²) in [6.07, 6.45) is 3.27. The molecule has 1 amide bonds. The minimum atomic E-state index is -0.662.